The Bertz CT molecular complexity index is 914. The molecule has 1 aliphatic rings. The molecule has 2 N–H and O–H groups in total. The van der Waals surface area contributed by atoms with Gasteiger partial charge in [0.05, 0.1) is 16.5 Å². The largest absolute Gasteiger partial charge is 0.356 e. The minimum absolute atomic E-state index is 0.0204. The first kappa shape index (κ1) is 21.8. The molecule has 0 saturated carbocycles. The van der Waals surface area contributed by atoms with Gasteiger partial charge in [-0.15, -0.1) is 0 Å². The van der Waals surface area contributed by atoms with Crippen molar-refractivity contribution in [3.63, 3.8) is 0 Å². The topological polar surface area (TPSA) is 78.5 Å². The van der Waals surface area contributed by atoms with Crippen molar-refractivity contribution >= 4 is 35.0 Å². The van der Waals surface area contributed by atoms with Gasteiger partial charge in [-0.25, -0.2) is 0 Å². The Morgan fingerprint density at radius 2 is 1.83 bits per heavy atom. The van der Waals surface area contributed by atoms with Crippen LogP contribution in [0.5, 0.6) is 0 Å². The van der Waals surface area contributed by atoms with Gasteiger partial charge in [-0.1, -0.05) is 30.7 Å². The number of hydrogen-bond donors (Lipinski definition) is 2. The Hall–Kier alpha value is -2.86. The van der Waals surface area contributed by atoms with Crippen molar-refractivity contribution in [2.75, 3.05) is 25.0 Å². The van der Waals surface area contributed by atoms with Gasteiger partial charge in [-0.2, -0.15) is 0 Å². The predicted molar refractivity (Wildman–Crippen MR) is 118 cm³/mol. The Balaban J connectivity index is 1.61. The predicted octanol–water partition coefficient (Wildman–Crippen LogP) is 3.97. The van der Waals surface area contributed by atoms with Crippen LogP contribution in [0.15, 0.2) is 48.5 Å². The second kappa shape index (κ2) is 10.3. The number of amides is 3. The third-order valence-electron chi connectivity index (χ3n) is 5.14. The molecule has 1 aliphatic heterocycles. The van der Waals surface area contributed by atoms with Crippen molar-refractivity contribution in [1.29, 1.82) is 0 Å². The lowest BCUT2D eigenvalue weighted by Crippen LogP contribution is -2.45. The van der Waals surface area contributed by atoms with Crippen molar-refractivity contribution in [3.8, 4) is 0 Å². The molecule has 30 heavy (non-hydrogen) atoms. The smallest absolute Gasteiger partial charge is 0.257 e. The number of nitrogens with one attached hydrogen (secondary N) is 2. The van der Waals surface area contributed by atoms with Crippen molar-refractivity contribution < 1.29 is 14.4 Å². The number of benzene rings is 2. The Kier molecular flexibility index (Phi) is 7.46. The average Bonchev–Trinajstić information content (AvgIpc) is 2.77. The second-order valence-corrected chi connectivity index (χ2v) is 7.80. The number of rotatable bonds is 6. The molecule has 0 aliphatic carbocycles. The fourth-order valence-corrected chi connectivity index (χ4v) is 3.71. The quantitative estimate of drug-likeness (QED) is 0.732. The van der Waals surface area contributed by atoms with E-state index in [2.05, 4.69) is 10.6 Å². The van der Waals surface area contributed by atoms with E-state index in [-0.39, 0.29) is 23.6 Å². The third kappa shape index (κ3) is 5.39. The number of piperidine rings is 1. The van der Waals surface area contributed by atoms with E-state index in [0.29, 0.717) is 41.5 Å². The van der Waals surface area contributed by atoms with Crippen LogP contribution in [0, 0.1) is 5.92 Å². The fraction of sp³-hybridized carbons (Fsp3) is 0.348. The summed E-state index contributed by atoms with van der Waals surface area (Å²) in [4.78, 5) is 39.2. The molecule has 2 aromatic rings. The SMILES string of the molecule is CCCNC(=O)[C@H]1CCCN(C(=O)c2ccc(NC(=O)c3ccccc3Cl)cc2)C1. The van der Waals surface area contributed by atoms with Crippen LogP contribution in [0.4, 0.5) is 5.69 Å². The van der Waals surface area contributed by atoms with Gasteiger partial charge in [0, 0.05) is 30.9 Å². The van der Waals surface area contributed by atoms with Gasteiger partial charge in [-0.05, 0) is 55.7 Å². The highest BCUT2D eigenvalue weighted by molar-refractivity contribution is 6.34. The molecule has 158 valence electrons. The molecular weight excluding hydrogens is 402 g/mol. The zero-order valence-electron chi connectivity index (χ0n) is 17.0. The number of carbonyl (C=O) groups is 3. The zero-order valence-corrected chi connectivity index (χ0v) is 17.7. The van der Waals surface area contributed by atoms with Gasteiger partial charge in [-0.3, -0.25) is 14.4 Å². The van der Waals surface area contributed by atoms with Crippen LogP contribution in [0.25, 0.3) is 0 Å². The van der Waals surface area contributed by atoms with Crippen LogP contribution in [-0.4, -0.2) is 42.3 Å². The molecule has 1 saturated heterocycles. The number of likely N-dealkylation sites (tertiary alicyclic amines) is 1. The molecule has 7 heteroatoms. The van der Waals surface area contributed by atoms with E-state index in [1.54, 1.807) is 53.4 Å². The van der Waals surface area contributed by atoms with E-state index in [1.807, 2.05) is 6.92 Å². The first-order valence-electron chi connectivity index (χ1n) is 10.2. The van der Waals surface area contributed by atoms with Crippen molar-refractivity contribution in [2.45, 2.75) is 26.2 Å². The molecule has 3 amide bonds. The van der Waals surface area contributed by atoms with Gasteiger partial charge in [0.15, 0.2) is 0 Å². The van der Waals surface area contributed by atoms with Gasteiger partial charge < -0.3 is 15.5 Å². The second-order valence-electron chi connectivity index (χ2n) is 7.39. The summed E-state index contributed by atoms with van der Waals surface area (Å²) in [5.74, 6) is -0.556. The van der Waals surface area contributed by atoms with Crippen molar-refractivity contribution in [2.24, 2.45) is 5.92 Å². The highest BCUT2D eigenvalue weighted by Crippen LogP contribution is 2.21. The lowest BCUT2D eigenvalue weighted by Gasteiger charge is -2.32. The highest BCUT2D eigenvalue weighted by atomic mass is 35.5. The van der Waals surface area contributed by atoms with E-state index in [1.165, 1.54) is 0 Å². The minimum Gasteiger partial charge on any atom is -0.356 e. The maximum absolute atomic E-state index is 12.9. The van der Waals surface area contributed by atoms with Crippen molar-refractivity contribution in [1.82, 2.24) is 10.2 Å². The summed E-state index contributed by atoms with van der Waals surface area (Å²) in [6.07, 6.45) is 2.49. The first-order valence-corrected chi connectivity index (χ1v) is 10.6. The maximum atomic E-state index is 12.9. The van der Waals surface area contributed by atoms with Gasteiger partial charge in [0.25, 0.3) is 11.8 Å². The molecular formula is C23H26ClN3O3. The van der Waals surface area contributed by atoms with E-state index < -0.39 is 0 Å². The summed E-state index contributed by atoms with van der Waals surface area (Å²) >= 11 is 6.06. The summed E-state index contributed by atoms with van der Waals surface area (Å²) < 4.78 is 0. The van der Waals surface area contributed by atoms with Crippen LogP contribution in [-0.2, 0) is 4.79 Å². The molecule has 0 unspecified atom stereocenters. The molecule has 0 radical (unpaired) electrons. The molecule has 1 heterocycles. The summed E-state index contributed by atoms with van der Waals surface area (Å²) in [5.41, 5.74) is 1.49. The molecule has 6 nitrogen and oxygen atoms in total. The van der Waals surface area contributed by atoms with Crippen molar-refractivity contribution in [3.05, 3.63) is 64.7 Å². The lowest BCUT2D eigenvalue weighted by molar-refractivity contribution is -0.126. The summed E-state index contributed by atoms with van der Waals surface area (Å²) in [6.45, 7) is 3.74. The van der Waals surface area contributed by atoms with Crippen LogP contribution in [0.1, 0.15) is 46.9 Å². The van der Waals surface area contributed by atoms with Gasteiger partial charge >= 0.3 is 0 Å². The monoisotopic (exact) mass is 427 g/mol. The summed E-state index contributed by atoms with van der Waals surface area (Å²) in [7, 11) is 0. The van der Waals surface area contributed by atoms with Gasteiger partial charge in [0.1, 0.15) is 0 Å². The van der Waals surface area contributed by atoms with E-state index in [0.717, 1.165) is 19.3 Å². The third-order valence-corrected chi connectivity index (χ3v) is 5.47. The van der Waals surface area contributed by atoms with Gasteiger partial charge in [0.2, 0.25) is 5.91 Å². The fourth-order valence-electron chi connectivity index (χ4n) is 3.49. The summed E-state index contributed by atoms with van der Waals surface area (Å²) in [5, 5.41) is 6.08. The summed E-state index contributed by atoms with van der Waals surface area (Å²) in [6, 6.07) is 13.6. The zero-order chi connectivity index (χ0) is 21.5. The first-order chi connectivity index (χ1) is 14.5. The van der Waals surface area contributed by atoms with Crippen LogP contribution >= 0.6 is 11.6 Å². The average molecular weight is 428 g/mol. The number of nitrogens with zero attached hydrogens (tertiary/aromatic N) is 1. The van der Waals surface area contributed by atoms with Crippen LogP contribution in [0.2, 0.25) is 5.02 Å². The number of carbonyl (C=O) groups excluding carboxylic acids is 3. The molecule has 0 bridgehead atoms. The van der Waals surface area contributed by atoms with E-state index >= 15 is 0 Å². The molecule has 2 aromatic carbocycles. The molecule has 1 atom stereocenters. The standard InChI is InChI=1S/C23H26ClN3O3/c1-2-13-25-21(28)17-6-5-14-27(15-17)23(30)16-9-11-18(12-10-16)26-22(29)19-7-3-4-8-20(19)24/h3-4,7-12,17H,2,5-6,13-15H2,1H3,(H,25,28)(H,26,29)/t17-/m0/s1. The molecule has 0 aromatic heterocycles. The minimum atomic E-state index is -0.309. The number of halogens is 1. The molecule has 3 rings (SSSR count). The number of hydrogen-bond acceptors (Lipinski definition) is 3. The Morgan fingerprint density at radius 3 is 2.53 bits per heavy atom. The van der Waals surface area contributed by atoms with E-state index in [9.17, 15) is 14.4 Å². The Labute approximate surface area is 181 Å². The molecule has 1 fully saturated rings. The van der Waals surface area contributed by atoms with E-state index in [4.69, 9.17) is 11.6 Å². The lowest BCUT2D eigenvalue weighted by atomic mass is 9.96. The molecule has 0 spiro atoms. The van der Waals surface area contributed by atoms with Crippen LogP contribution in [0.3, 0.4) is 0 Å². The normalized spacial score (nSPS) is 16.1. The highest BCUT2D eigenvalue weighted by Gasteiger charge is 2.28. The maximum Gasteiger partial charge on any atom is 0.257 e. The Morgan fingerprint density at radius 1 is 1.10 bits per heavy atom. The van der Waals surface area contributed by atoms with Crippen LogP contribution < -0.4 is 10.6 Å². The number of anilines is 1.